The first-order chi connectivity index (χ1) is 14.5. The molecule has 0 saturated heterocycles. The number of thiol groups is 1. The maximum atomic E-state index is 13.0. The summed E-state index contributed by atoms with van der Waals surface area (Å²) in [4.78, 5) is 14.8. The molecule has 1 unspecified atom stereocenters. The Kier molecular flexibility index (Phi) is 11.4. The molecule has 0 aromatic heterocycles. The van der Waals surface area contributed by atoms with Crippen molar-refractivity contribution in [2.24, 2.45) is 11.5 Å². The van der Waals surface area contributed by atoms with Gasteiger partial charge in [-0.2, -0.15) is 12.6 Å². The number of rotatable bonds is 13. The van der Waals surface area contributed by atoms with Crippen LogP contribution in [0.25, 0.3) is 0 Å². The minimum atomic E-state index is -0.503. The highest BCUT2D eigenvalue weighted by Gasteiger charge is 2.22. The summed E-state index contributed by atoms with van der Waals surface area (Å²) in [5.74, 6) is 0.865. The average molecular weight is 446 g/mol. The van der Waals surface area contributed by atoms with Gasteiger partial charge in [-0.25, -0.2) is 0 Å². The molecule has 0 fully saturated rings. The van der Waals surface area contributed by atoms with E-state index in [1.54, 1.807) is 11.8 Å². The van der Waals surface area contributed by atoms with E-state index in [2.05, 4.69) is 43.3 Å². The maximum Gasteiger partial charge on any atom is 0.239 e. The fraction of sp³-hybridized carbons (Fsp3) is 0.458. The van der Waals surface area contributed by atoms with Crippen LogP contribution in [0.3, 0.4) is 0 Å². The highest BCUT2D eigenvalue weighted by atomic mass is 32.2. The number of carbonyl (C=O) groups excluding carboxylic acids is 1. The lowest BCUT2D eigenvalue weighted by Crippen LogP contribution is -2.46. The van der Waals surface area contributed by atoms with Crippen molar-refractivity contribution in [3.05, 3.63) is 71.3 Å². The van der Waals surface area contributed by atoms with Gasteiger partial charge in [-0.3, -0.25) is 4.79 Å². The van der Waals surface area contributed by atoms with Crippen molar-refractivity contribution in [2.75, 3.05) is 19.6 Å². The molecule has 4 N–H and O–H groups in total. The van der Waals surface area contributed by atoms with Crippen molar-refractivity contribution < 1.29 is 4.79 Å². The first-order valence-electron chi connectivity index (χ1n) is 10.7. The summed E-state index contributed by atoms with van der Waals surface area (Å²) in [7, 11) is 0. The van der Waals surface area contributed by atoms with Gasteiger partial charge in [0, 0.05) is 18.8 Å². The van der Waals surface area contributed by atoms with Gasteiger partial charge < -0.3 is 16.4 Å². The Hall–Kier alpha value is -1.47. The zero-order valence-corrected chi connectivity index (χ0v) is 19.6. The predicted molar refractivity (Wildman–Crippen MR) is 133 cm³/mol. The second kappa shape index (κ2) is 13.8. The number of nitrogens with zero attached hydrogens (tertiary/aromatic N) is 1. The lowest BCUT2D eigenvalue weighted by Gasteiger charge is -2.28. The summed E-state index contributed by atoms with van der Waals surface area (Å²) >= 11 is 6.51. The number of benzene rings is 2. The smallest absolute Gasteiger partial charge is 0.239 e. The van der Waals surface area contributed by atoms with E-state index >= 15 is 0 Å². The normalized spacial score (nSPS) is 13.1. The number of carbonyl (C=O) groups is 1. The Morgan fingerprint density at radius 2 is 1.73 bits per heavy atom. The van der Waals surface area contributed by atoms with Gasteiger partial charge in [0.15, 0.2) is 0 Å². The summed E-state index contributed by atoms with van der Waals surface area (Å²) in [6.45, 7) is 3.92. The number of hydrogen-bond acceptors (Lipinski definition) is 5. The molecule has 2 aromatic carbocycles. The molecule has 0 spiro atoms. The number of aryl methyl sites for hydroxylation is 1. The van der Waals surface area contributed by atoms with Crippen molar-refractivity contribution in [3.8, 4) is 0 Å². The van der Waals surface area contributed by atoms with Gasteiger partial charge in [0.25, 0.3) is 0 Å². The highest BCUT2D eigenvalue weighted by Crippen LogP contribution is 2.22. The summed E-state index contributed by atoms with van der Waals surface area (Å²) < 4.78 is 0.0253. The first kappa shape index (κ1) is 24.8. The molecule has 0 aliphatic carbocycles. The zero-order chi connectivity index (χ0) is 21.8. The maximum absolute atomic E-state index is 13.0. The van der Waals surface area contributed by atoms with Crippen molar-refractivity contribution in [1.82, 2.24) is 4.90 Å². The largest absolute Gasteiger partial charge is 0.339 e. The third-order valence-corrected chi connectivity index (χ3v) is 6.76. The topological polar surface area (TPSA) is 72.3 Å². The van der Waals surface area contributed by atoms with Crippen LogP contribution in [-0.2, 0) is 23.4 Å². The summed E-state index contributed by atoms with van der Waals surface area (Å²) in [5, 5.41) is 0. The Morgan fingerprint density at radius 3 is 2.37 bits per heavy atom. The van der Waals surface area contributed by atoms with Crippen LogP contribution in [0.5, 0.6) is 0 Å². The van der Waals surface area contributed by atoms with E-state index in [0.29, 0.717) is 26.1 Å². The third kappa shape index (κ3) is 8.72. The Balaban J connectivity index is 1.94. The molecule has 0 radical (unpaired) electrons. The molecule has 2 atom stereocenters. The fourth-order valence-electron chi connectivity index (χ4n) is 3.20. The van der Waals surface area contributed by atoms with E-state index in [1.165, 1.54) is 16.7 Å². The van der Waals surface area contributed by atoms with Crippen molar-refractivity contribution in [3.63, 3.8) is 0 Å². The molecule has 2 aromatic rings. The van der Waals surface area contributed by atoms with Crippen LogP contribution >= 0.6 is 24.4 Å². The Morgan fingerprint density at radius 1 is 1.07 bits per heavy atom. The Bertz CT molecular complexity index is 740. The molecule has 164 valence electrons. The van der Waals surface area contributed by atoms with Gasteiger partial charge in [-0.1, -0.05) is 61.5 Å². The average Bonchev–Trinajstić information content (AvgIpc) is 2.79. The number of amides is 1. The van der Waals surface area contributed by atoms with Crippen LogP contribution in [0.15, 0.2) is 54.6 Å². The lowest BCUT2D eigenvalue weighted by atomic mass is 10.1. The van der Waals surface area contributed by atoms with Crippen LogP contribution in [0, 0.1) is 0 Å². The lowest BCUT2D eigenvalue weighted by molar-refractivity contribution is -0.132. The van der Waals surface area contributed by atoms with E-state index in [-0.39, 0.29) is 10.5 Å². The molecule has 0 heterocycles. The fourth-order valence-corrected chi connectivity index (χ4v) is 4.48. The predicted octanol–water partition coefficient (Wildman–Crippen LogP) is 3.88. The van der Waals surface area contributed by atoms with Gasteiger partial charge in [0.1, 0.15) is 0 Å². The van der Waals surface area contributed by atoms with Gasteiger partial charge in [0.2, 0.25) is 5.91 Å². The van der Waals surface area contributed by atoms with E-state index in [9.17, 15) is 4.79 Å². The zero-order valence-electron chi connectivity index (χ0n) is 17.9. The van der Waals surface area contributed by atoms with Gasteiger partial charge in [0.05, 0.1) is 10.6 Å². The minimum Gasteiger partial charge on any atom is -0.339 e. The van der Waals surface area contributed by atoms with Crippen LogP contribution < -0.4 is 11.5 Å². The van der Waals surface area contributed by atoms with Gasteiger partial charge in [-0.15, -0.1) is 11.8 Å². The molecule has 4 nitrogen and oxygen atoms in total. The molecule has 0 aliphatic rings. The second-order valence-electron chi connectivity index (χ2n) is 7.49. The van der Waals surface area contributed by atoms with Crippen molar-refractivity contribution in [2.45, 2.75) is 49.0 Å². The highest BCUT2D eigenvalue weighted by molar-refractivity contribution is 8.09. The molecule has 0 bridgehead atoms. The van der Waals surface area contributed by atoms with Gasteiger partial charge in [-0.05, 0) is 48.9 Å². The summed E-state index contributed by atoms with van der Waals surface area (Å²) in [6, 6.07) is 18.4. The van der Waals surface area contributed by atoms with E-state index in [4.69, 9.17) is 24.1 Å². The summed E-state index contributed by atoms with van der Waals surface area (Å²) in [5.41, 5.74) is 15.6. The standard InChI is InChI=1S/C24H35N3OS2/c1-2-19-10-12-21(13-11-19)18-30-23(29)17-27(24(28)22(26)9-6-15-25)16-14-20-7-4-3-5-8-20/h3-5,7-8,10-13,22-23,29H,2,6,9,14-18,25-26H2,1H3/t22-,23?/m1/s1. The van der Waals surface area contributed by atoms with E-state index < -0.39 is 6.04 Å². The van der Waals surface area contributed by atoms with Crippen LogP contribution in [-0.4, -0.2) is 41.1 Å². The molecule has 0 aliphatic heterocycles. The summed E-state index contributed by atoms with van der Waals surface area (Å²) in [6.07, 6.45) is 3.23. The van der Waals surface area contributed by atoms with Crippen LogP contribution in [0.4, 0.5) is 0 Å². The molecule has 6 heteroatoms. The number of thioether (sulfide) groups is 1. The van der Waals surface area contributed by atoms with E-state index in [1.807, 2.05) is 23.1 Å². The molecule has 30 heavy (non-hydrogen) atoms. The number of nitrogens with two attached hydrogens (primary N) is 2. The number of hydrogen-bond donors (Lipinski definition) is 3. The third-order valence-electron chi connectivity index (χ3n) is 5.11. The van der Waals surface area contributed by atoms with Gasteiger partial charge >= 0.3 is 0 Å². The van der Waals surface area contributed by atoms with Crippen molar-refractivity contribution >= 4 is 30.3 Å². The van der Waals surface area contributed by atoms with Crippen molar-refractivity contribution in [1.29, 1.82) is 0 Å². The molecule has 1 amide bonds. The molecular formula is C24H35N3OS2. The first-order valence-corrected chi connectivity index (χ1v) is 12.3. The van der Waals surface area contributed by atoms with Crippen LogP contribution in [0.2, 0.25) is 0 Å². The minimum absolute atomic E-state index is 0.00803. The monoisotopic (exact) mass is 445 g/mol. The molecular weight excluding hydrogens is 410 g/mol. The SMILES string of the molecule is CCc1ccc(CSC(S)CN(CCc2ccccc2)C(=O)[C@H](N)CCCN)cc1. The second-order valence-corrected chi connectivity index (χ2v) is 9.66. The molecule has 0 saturated carbocycles. The molecule has 2 rings (SSSR count). The van der Waals surface area contributed by atoms with E-state index in [0.717, 1.165) is 25.0 Å². The Labute approximate surface area is 191 Å². The van der Waals surface area contributed by atoms with Crippen LogP contribution in [0.1, 0.15) is 36.5 Å². The quantitative estimate of drug-likeness (QED) is 0.323.